The van der Waals surface area contributed by atoms with Crippen LogP contribution in [0.15, 0.2) is 0 Å². The van der Waals surface area contributed by atoms with Crippen molar-refractivity contribution in [2.45, 2.75) is 46.0 Å². The van der Waals surface area contributed by atoms with E-state index in [1.807, 2.05) is 0 Å². The third-order valence-electron chi connectivity index (χ3n) is 3.86. The van der Waals surface area contributed by atoms with Crippen LogP contribution in [0.2, 0.25) is 0 Å². The molecule has 1 aliphatic heterocycles. The molecule has 17 heavy (non-hydrogen) atoms. The summed E-state index contributed by atoms with van der Waals surface area (Å²) in [5, 5.41) is 0. The summed E-state index contributed by atoms with van der Waals surface area (Å²) in [4.78, 5) is 12.0. The fourth-order valence-corrected chi connectivity index (χ4v) is 2.55. The smallest absolute Gasteiger partial charge is 0.138 e. The van der Waals surface area contributed by atoms with Crippen molar-refractivity contribution in [3.63, 3.8) is 0 Å². The molecule has 0 bridgehead atoms. The molecule has 2 N–H and O–H groups in total. The van der Waals surface area contributed by atoms with Gasteiger partial charge >= 0.3 is 0 Å². The highest BCUT2D eigenvalue weighted by Crippen LogP contribution is 2.23. The van der Waals surface area contributed by atoms with Crippen molar-refractivity contribution in [1.29, 1.82) is 0 Å². The molecule has 100 valence electrons. The van der Waals surface area contributed by atoms with Crippen LogP contribution >= 0.6 is 0 Å². The third kappa shape index (κ3) is 5.17. The van der Waals surface area contributed by atoms with Gasteiger partial charge in [-0.15, -0.1) is 0 Å². The van der Waals surface area contributed by atoms with E-state index < -0.39 is 0 Å². The number of carbonyl (C=O) groups excluding carboxylic acids is 1. The molecular formula is C14H27NO2. The first-order valence-electron chi connectivity index (χ1n) is 6.95. The second kappa shape index (κ2) is 7.83. The van der Waals surface area contributed by atoms with E-state index in [2.05, 4.69) is 13.8 Å². The van der Waals surface area contributed by atoms with Gasteiger partial charge < -0.3 is 10.5 Å². The number of ketones is 1. The first-order chi connectivity index (χ1) is 8.15. The second-order valence-corrected chi connectivity index (χ2v) is 5.50. The molecule has 0 amide bonds. The highest BCUT2D eigenvalue weighted by atomic mass is 16.5. The van der Waals surface area contributed by atoms with Gasteiger partial charge in [-0.25, -0.2) is 0 Å². The zero-order chi connectivity index (χ0) is 12.7. The van der Waals surface area contributed by atoms with Crippen LogP contribution in [0.1, 0.15) is 46.0 Å². The van der Waals surface area contributed by atoms with E-state index in [9.17, 15) is 4.79 Å². The number of carbonyl (C=O) groups is 1. The molecule has 1 saturated heterocycles. The van der Waals surface area contributed by atoms with Crippen LogP contribution in [-0.2, 0) is 9.53 Å². The van der Waals surface area contributed by atoms with Crippen LogP contribution in [0.4, 0.5) is 0 Å². The molecule has 0 radical (unpaired) electrons. The molecule has 0 saturated carbocycles. The van der Waals surface area contributed by atoms with Crippen molar-refractivity contribution in [3.8, 4) is 0 Å². The van der Waals surface area contributed by atoms with E-state index in [-0.39, 0.29) is 5.92 Å². The predicted octanol–water partition coefficient (Wildman–Crippen LogP) is 2.38. The highest BCUT2D eigenvalue weighted by Gasteiger charge is 2.23. The summed E-state index contributed by atoms with van der Waals surface area (Å²) in [6.45, 7) is 6.63. The standard InChI is InChI=1S/C14H27NO2/c1-11(2)12(7-8-15)5-6-14(16)13-4-3-9-17-10-13/h11-13H,3-10,15H2,1-2H3. The lowest BCUT2D eigenvalue weighted by Crippen LogP contribution is -2.26. The zero-order valence-corrected chi connectivity index (χ0v) is 11.3. The Kier molecular flexibility index (Phi) is 6.75. The lowest BCUT2D eigenvalue weighted by atomic mass is 9.85. The normalized spacial score (nSPS) is 22.7. The molecule has 2 unspecified atom stereocenters. The number of nitrogens with two attached hydrogens (primary N) is 1. The quantitative estimate of drug-likeness (QED) is 0.744. The van der Waals surface area contributed by atoms with Gasteiger partial charge in [0.25, 0.3) is 0 Å². The largest absolute Gasteiger partial charge is 0.381 e. The first-order valence-corrected chi connectivity index (χ1v) is 6.95. The van der Waals surface area contributed by atoms with Crippen LogP contribution in [0.3, 0.4) is 0 Å². The van der Waals surface area contributed by atoms with Crippen LogP contribution < -0.4 is 5.73 Å². The summed E-state index contributed by atoms with van der Waals surface area (Å²) in [7, 11) is 0. The Morgan fingerprint density at radius 2 is 2.18 bits per heavy atom. The number of Topliss-reactive ketones (excluding diaryl/α,β-unsaturated/α-hetero) is 1. The molecular weight excluding hydrogens is 214 g/mol. The summed E-state index contributed by atoms with van der Waals surface area (Å²) < 4.78 is 5.36. The SMILES string of the molecule is CC(C)C(CCN)CCC(=O)C1CCCOC1. The van der Waals surface area contributed by atoms with Gasteiger partial charge in [-0.1, -0.05) is 13.8 Å². The summed E-state index contributed by atoms with van der Waals surface area (Å²) in [6, 6.07) is 0. The van der Waals surface area contributed by atoms with Gasteiger partial charge in [0, 0.05) is 18.9 Å². The first kappa shape index (κ1) is 14.7. The molecule has 2 atom stereocenters. The molecule has 1 rings (SSSR count). The number of ether oxygens (including phenoxy) is 1. The number of rotatable bonds is 7. The molecule has 0 aromatic heterocycles. The van der Waals surface area contributed by atoms with Gasteiger partial charge in [0.1, 0.15) is 5.78 Å². The summed E-state index contributed by atoms with van der Waals surface area (Å²) >= 11 is 0. The van der Waals surface area contributed by atoms with Crippen molar-refractivity contribution in [2.75, 3.05) is 19.8 Å². The summed E-state index contributed by atoms with van der Waals surface area (Å²) in [6.07, 6.45) is 4.78. The van der Waals surface area contributed by atoms with Crippen molar-refractivity contribution in [3.05, 3.63) is 0 Å². The lowest BCUT2D eigenvalue weighted by Gasteiger charge is -2.23. The van der Waals surface area contributed by atoms with Crippen molar-refractivity contribution < 1.29 is 9.53 Å². The average molecular weight is 241 g/mol. The molecule has 3 nitrogen and oxygen atoms in total. The third-order valence-corrected chi connectivity index (χ3v) is 3.86. The fraction of sp³-hybridized carbons (Fsp3) is 0.929. The van der Waals surface area contributed by atoms with Gasteiger partial charge in [-0.05, 0) is 44.1 Å². The van der Waals surface area contributed by atoms with Crippen molar-refractivity contribution in [2.24, 2.45) is 23.5 Å². The van der Waals surface area contributed by atoms with Gasteiger partial charge in [0.15, 0.2) is 0 Å². The minimum absolute atomic E-state index is 0.162. The molecule has 3 heteroatoms. The molecule has 0 spiro atoms. The maximum absolute atomic E-state index is 12.0. The Bertz CT molecular complexity index is 222. The fourth-order valence-electron chi connectivity index (χ4n) is 2.55. The molecule has 1 fully saturated rings. The van der Waals surface area contributed by atoms with E-state index in [0.717, 1.165) is 38.8 Å². The molecule has 1 aliphatic rings. The predicted molar refractivity (Wildman–Crippen MR) is 69.8 cm³/mol. The highest BCUT2D eigenvalue weighted by molar-refractivity contribution is 5.81. The Hall–Kier alpha value is -0.410. The Morgan fingerprint density at radius 3 is 2.71 bits per heavy atom. The molecule has 0 aliphatic carbocycles. The topological polar surface area (TPSA) is 52.3 Å². The number of hydrogen-bond acceptors (Lipinski definition) is 3. The van der Waals surface area contributed by atoms with Gasteiger partial charge in [0.2, 0.25) is 0 Å². The summed E-state index contributed by atoms with van der Waals surface area (Å²) in [5.74, 6) is 1.77. The van der Waals surface area contributed by atoms with Crippen LogP contribution in [0, 0.1) is 17.8 Å². The molecule has 1 heterocycles. The second-order valence-electron chi connectivity index (χ2n) is 5.50. The molecule has 0 aromatic carbocycles. The van der Waals surface area contributed by atoms with E-state index in [4.69, 9.17) is 10.5 Å². The van der Waals surface area contributed by atoms with Crippen LogP contribution in [-0.4, -0.2) is 25.5 Å². The maximum atomic E-state index is 12.0. The zero-order valence-electron chi connectivity index (χ0n) is 11.3. The Balaban J connectivity index is 2.29. The van der Waals surface area contributed by atoms with E-state index in [1.54, 1.807) is 0 Å². The minimum atomic E-state index is 0.162. The van der Waals surface area contributed by atoms with Gasteiger partial charge in [0.05, 0.1) is 6.61 Å². The molecule has 0 aromatic rings. The Morgan fingerprint density at radius 1 is 1.41 bits per heavy atom. The summed E-state index contributed by atoms with van der Waals surface area (Å²) in [5.41, 5.74) is 5.61. The van der Waals surface area contributed by atoms with E-state index in [0.29, 0.717) is 30.6 Å². The number of hydrogen-bond donors (Lipinski definition) is 1. The van der Waals surface area contributed by atoms with Crippen LogP contribution in [0.5, 0.6) is 0 Å². The van der Waals surface area contributed by atoms with Crippen molar-refractivity contribution >= 4 is 5.78 Å². The minimum Gasteiger partial charge on any atom is -0.381 e. The Labute approximate surface area is 105 Å². The van der Waals surface area contributed by atoms with Gasteiger partial charge in [-0.2, -0.15) is 0 Å². The van der Waals surface area contributed by atoms with Crippen molar-refractivity contribution in [1.82, 2.24) is 0 Å². The average Bonchev–Trinajstić information content (AvgIpc) is 2.34. The lowest BCUT2D eigenvalue weighted by molar-refractivity contribution is -0.127. The van der Waals surface area contributed by atoms with E-state index >= 15 is 0 Å². The monoisotopic (exact) mass is 241 g/mol. The van der Waals surface area contributed by atoms with Crippen LogP contribution in [0.25, 0.3) is 0 Å². The maximum Gasteiger partial charge on any atom is 0.138 e. The van der Waals surface area contributed by atoms with Gasteiger partial charge in [-0.3, -0.25) is 4.79 Å². The van der Waals surface area contributed by atoms with E-state index in [1.165, 1.54) is 0 Å².